The van der Waals surface area contributed by atoms with Gasteiger partial charge in [0.05, 0.1) is 0 Å². The summed E-state index contributed by atoms with van der Waals surface area (Å²) in [6.07, 6.45) is 18.0. The number of aliphatic imine (C=N–C) groups is 2. The maximum atomic E-state index is 4.87. The van der Waals surface area contributed by atoms with Crippen molar-refractivity contribution in [1.82, 2.24) is 0 Å². The molecule has 1 aliphatic heterocycles. The quantitative estimate of drug-likeness (QED) is 0.687. The molecule has 0 spiro atoms. The van der Waals surface area contributed by atoms with Gasteiger partial charge in [-0.2, -0.15) is 0 Å². The highest BCUT2D eigenvalue weighted by Crippen LogP contribution is 2.45. The topological polar surface area (TPSA) is 24.7 Å². The Hall–Kier alpha value is -0.660. The number of rotatable bonds is 2. The zero-order valence-corrected chi connectivity index (χ0v) is 10.8. The van der Waals surface area contributed by atoms with Crippen LogP contribution in [0.3, 0.4) is 0 Å². The van der Waals surface area contributed by atoms with Gasteiger partial charge in [0.2, 0.25) is 0 Å². The third kappa shape index (κ3) is 2.07. The van der Waals surface area contributed by atoms with Gasteiger partial charge in [-0.15, -0.1) is 0 Å². The monoisotopic (exact) mass is 232 g/mol. The minimum Gasteiger partial charge on any atom is -0.261 e. The number of nitrogens with zero attached hydrogens (tertiary/aromatic N) is 2. The minimum absolute atomic E-state index is 0.112. The first kappa shape index (κ1) is 11.4. The fraction of sp³-hybridized carbons (Fsp3) is 0.867. The lowest BCUT2D eigenvalue weighted by Crippen LogP contribution is -2.45. The van der Waals surface area contributed by atoms with Crippen molar-refractivity contribution in [1.29, 1.82) is 0 Å². The molecule has 2 nitrogen and oxygen atoms in total. The van der Waals surface area contributed by atoms with E-state index in [9.17, 15) is 0 Å². The Labute approximate surface area is 105 Å². The van der Waals surface area contributed by atoms with Gasteiger partial charge in [-0.25, -0.2) is 4.99 Å². The number of hydrogen-bond acceptors (Lipinski definition) is 2. The molecule has 2 fully saturated rings. The zero-order valence-electron chi connectivity index (χ0n) is 10.8. The summed E-state index contributed by atoms with van der Waals surface area (Å²) in [6, 6.07) is 0. The average molecular weight is 232 g/mol. The highest BCUT2D eigenvalue weighted by Gasteiger charge is 2.45. The minimum atomic E-state index is 0.112. The summed E-state index contributed by atoms with van der Waals surface area (Å²) in [5.41, 5.74) is 0.112. The van der Waals surface area contributed by atoms with Gasteiger partial charge >= 0.3 is 0 Å². The van der Waals surface area contributed by atoms with Crippen molar-refractivity contribution in [3.63, 3.8) is 0 Å². The van der Waals surface area contributed by atoms with Crippen LogP contribution in [0.4, 0.5) is 0 Å². The highest BCUT2D eigenvalue weighted by atomic mass is 15.0. The molecule has 3 aliphatic rings. The van der Waals surface area contributed by atoms with Gasteiger partial charge in [0.1, 0.15) is 11.9 Å². The first-order chi connectivity index (χ1) is 8.42. The van der Waals surface area contributed by atoms with E-state index in [0.717, 1.165) is 11.8 Å². The van der Waals surface area contributed by atoms with Crippen LogP contribution in [0.2, 0.25) is 0 Å². The van der Waals surface area contributed by atoms with E-state index in [-0.39, 0.29) is 5.54 Å². The molecule has 17 heavy (non-hydrogen) atoms. The van der Waals surface area contributed by atoms with E-state index in [4.69, 9.17) is 4.99 Å². The van der Waals surface area contributed by atoms with E-state index < -0.39 is 0 Å². The van der Waals surface area contributed by atoms with Gasteiger partial charge in [0.25, 0.3) is 0 Å². The van der Waals surface area contributed by atoms with Crippen molar-refractivity contribution in [3.8, 4) is 0 Å². The summed E-state index contributed by atoms with van der Waals surface area (Å²) in [7, 11) is 0. The summed E-state index contributed by atoms with van der Waals surface area (Å²) in [5, 5.41) is 0. The normalized spacial score (nSPS) is 29.9. The molecule has 0 aromatic rings. The Bertz CT molecular complexity index is 275. The van der Waals surface area contributed by atoms with Crippen LogP contribution in [0.1, 0.15) is 64.2 Å². The van der Waals surface area contributed by atoms with Gasteiger partial charge in [-0.1, -0.05) is 38.5 Å². The van der Waals surface area contributed by atoms with Crippen molar-refractivity contribution < 1.29 is 0 Å². The van der Waals surface area contributed by atoms with Gasteiger partial charge in [0, 0.05) is 6.21 Å². The van der Waals surface area contributed by atoms with E-state index in [2.05, 4.69) is 11.2 Å². The third-order valence-corrected chi connectivity index (χ3v) is 5.15. The summed E-state index contributed by atoms with van der Waals surface area (Å²) in [5.74, 6) is 1.56. The lowest BCUT2D eigenvalue weighted by Gasteiger charge is -2.42. The Balaban J connectivity index is 1.81. The van der Waals surface area contributed by atoms with Gasteiger partial charge in [-0.3, -0.25) is 4.99 Å². The molecule has 0 N–H and O–H groups in total. The Kier molecular flexibility index (Phi) is 3.30. The predicted octanol–water partition coefficient (Wildman–Crippen LogP) is 4.00. The summed E-state index contributed by atoms with van der Waals surface area (Å²) in [6.45, 7) is 0. The Morgan fingerprint density at radius 3 is 1.71 bits per heavy atom. The second-order valence-electron chi connectivity index (χ2n) is 6.08. The van der Waals surface area contributed by atoms with Crippen LogP contribution in [0.5, 0.6) is 0 Å². The molecule has 0 aromatic carbocycles. The van der Waals surface area contributed by atoms with Gasteiger partial charge < -0.3 is 0 Å². The molecule has 0 unspecified atom stereocenters. The maximum absolute atomic E-state index is 4.87. The summed E-state index contributed by atoms with van der Waals surface area (Å²) >= 11 is 0. The average Bonchev–Trinajstić information content (AvgIpc) is 2.91. The SMILES string of the molecule is C1=NC=NC1(C1CCCCC1)C1CCCCC1. The third-order valence-electron chi connectivity index (χ3n) is 5.15. The van der Waals surface area contributed by atoms with Crippen LogP contribution in [-0.4, -0.2) is 18.1 Å². The van der Waals surface area contributed by atoms with Crippen LogP contribution < -0.4 is 0 Å². The van der Waals surface area contributed by atoms with Crippen LogP contribution in [-0.2, 0) is 0 Å². The van der Waals surface area contributed by atoms with Crippen molar-refractivity contribution >= 4 is 12.6 Å². The van der Waals surface area contributed by atoms with E-state index in [1.54, 1.807) is 0 Å². The van der Waals surface area contributed by atoms with Crippen LogP contribution in [0, 0.1) is 11.8 Å². The molecule has 2 heteroatoms. The zero-order chi connectivity index (χ0) is 11.6. The van der Waals surface area contributed by atoms with Crippen molar-refractivity contribution in [2.24, 2.45) is 21.8 Å². The molecule has 1 heterocycles. The molecule has 94 valence electrons. The van der Waals surface area contributed by atoms with Gasteiger partial charge in [0.15, 0.2) is 0 Å². The smallest absolute Gasteiger partial charge is 0.110 e. The van der Waals surface area contributed by atoms with Crippen molar-refractivity contribution in [2.45, 2.75) is 69.7 Å². The molecule has 2 saturated carbocycles. The van der Waals surface area contributed by atoms with E-state index in [0.29, 0.717) is 0 Å². The van der Waals surface area contributed by atoms with E-state index >= 15 is 0 Å². The second-order valence-corrected chi connectivity index (χ2v) is 6.08. The lowest BCUT2D eigenvalue weighted by atomic mass is 9.65. The molecular weight excluding hydrogens is 208 g/mol. The highest BCUT2D eigenvalue weighted by molar-refractivity contribution is 5.86. The molecule has 0 saturated heterocycles. The van der Waals surface area contributed by atoms with Crippen LogP contribution in [0.25, 0.3) is 0 Å². The Morgan fingerprint density at radius 1 is 0.765 bits per heavy atom. The first-order valence-corrected chi connectivity index (χ1v) is 7.50. The molecule has 0 atom stereocenters. The molecule has 0 radical (unpaired) electrons. The van der Waals surface area contributed by atoms with E-state index in [1.165, 1.54) is 64.2 Å². The van der Waals surface area contributed by atoms with Crippen molar-refractivity contribution in [2.75, 3.05) is 0 Å². The molecule has 2 aliphatic carbocycles. The van der Waals surface area contributed by atoms with Gasteiger partial charge in [-0.05, 0) is 37.5 Å². The molecular formula is C15H24N2. The van der Waals surface area contributed by atoms with Crippen molar-refractivity contribution in [3.05, 3.63) is 0 Å². The second kappa shape index (κ2) is 4.91. The summed E-state index contributed by atoms with van der Waals surface area (Å²) in [4.78, 5) is 9.24. The molecule has 0 aromatic heterocycles. The standard InChI is InChI=1S/C15H24N2/c1-3-7-13(8-4-1)15(11-16-12-17-15)14-9-5-2-6-10-14/h11-14H,1-10H2. The first-order valence-electron chi connectivity index (χ1n) is 7.50. The molecule has 3 rings (SSSR count). The van der Waals surface area contributed by atoms with Crippen LogP contribution in [0.15, 0.2) is 9.98 Å². The predicted molar refractivity (Wildman–Crippen MR) is 72.9 cm³/mol. The molecule has 0 amide bonds. The Morgan fingerprint density at radius 2 is 1.29 bits per heavy atom. The van der Waals surface area contributed by atoms with E-state index in [1.807, 2.05) is 6.34 Å². The molecule has 0 bridgehead atoms. The fourth-order valence-electron chi connectivity index (χ4n) is 4.20. The van der Waals surface area contributed by atoms with Crippen LogP contribution >= 0.6 is 0 Å². The fourth-order valence-corrected chi connectivity index (χ4v) is 4.20. The largest absolute Gasteiger partial charge is 0.261 e. The number of hydrogen-bond donors (Lipinski definition) is 0. The lowest BCUT2D eigenvalue weighted by molar-refractivity contribution is 0.170. The maximum Gasteiger partial charge on any atom is 0.110 e. The summed E-state index contributed by atoms with van der Waals surface area (Å²) < 4.78 is 0.